The summed E-state index contributed by atoms with van der Waals surface area (Å²) in [5, 5.41) is 4.83. The Hall–Kier alpha value is -7.37. The van der Waals surface area contributed by atoms with Gasteiger partial charge in [0.1, 0.15) is 11.5 Å². The fourth-order valence-electron chi connectivity index (χ4n) is 8.15. The predicted molar refractivity (Wildman–Crippen MR) is 222 cm³/mol. The van der Waals surface area contributed by atoms with Gasteiger partial charge in [0.25, 0.3) is 0 Å². The van der Waals surface area contributed by atoms with Crippen LogP contribution in [-0.2, 0) is 0 Å². The second-order valence-corrected chi connectivity index (χ2v) is 13.6. The molecule has 0 N–H and O–H groups in total. The Balaban J connectivity index is 1.25. The topological polar surface area (TPSA) is 48.5 Å². The van der Waals surface area contributed by atoms with Gasteiger partial charge in [0.15, 0.2) is 0 Å². The molecule has 4 aromatic heterocycles. The molecule has 0 radical (unpaired) electrons. The highest BCUT2D eigenvalue weighted by molar-refractivity contribution is 6.28. The zero-order valence-corrected chi connectivity index (χ0v) is 29.1. The molecule has 54 heavy (non-hydrogen) atoms. The van der Waals surface area contributed by atoms with Gasteiger partial charge in [-0.1, -0.05) is 127 Å². The number of pyridine rings is 1. The zero-order chi connectivity index (χ0) is 35.6. The van der Waals surface area contributed by atoms with Crippen molar-refractivity contribution < 1.29 is 0 Å². The van der Waals surface area contributed by atoms with Gasteiger partial charge in [0.2, 0.25) is 0 Å². The number of hydrogen-bond acceptors (Lipinski definition) is 3. The predicted octanol–water partition coefficient (Wildman–Crippen LogP) is 12.2. The summed E-state index contributed by atoms with van der Waals surface area (Å²) >= 11 is 0. The monoisotopic (exact) mass is 689 g/mol. The fraction of sp³-hybridized carbons (Fsp3) is 0. The van der Waals surface area contributed by atoms with E-state index in [1.165, 1.54) is 32.6 Å². The first-order valence-corrected chi connectivity index (χ1v) is 18.2. The molecule has 4 heterocycles. The van der Waals surface area contributed by atoms with Gasteiger partial charge in [-0.25, -0.2) is 15.0 Å². The second-order valence-electron chi connectivity index (χ2n) is 13.6. The maximum absolute atomic E-state index is 5.52. The lowest BCUT2D eigenvalue weighted by Crippen LogP contribution is -2.02. The van der Waals surface area contributed by atoms with E-state index >= 15 is 0 Å². The minimum Gasteiger partial charge on any atom is -0.309 e. The van der Waals surface area contributed by atoms with Crippen molar-refractivity contribution in [2.45, 2.75) is 0 Å². The summed E-state index contributed by atoms with van der Waals surface area (Å²) in [6, 6.07) is 65.9. The molecular weight excluding hydrogens is 659 g/mol. The maximum Gasteiger partial charge on any atom is 0.138 e. The van der Waals surface area contributed by atoms with E-state index in [2.05, 4.69) is 155 Å². The van der Waals surface area contributed by atoms with Crippen molar-refractivity contribution in [2.24, 2.45) is 0 Å². The fourth-order valence-corrected chi connectivity index (χ4v) is 8.15. The van der Waals surface area contributed by atoms with Gasteiger partial charge in [-0.3, -0.25) is 4.57 Å². The first-order valence-electron chi connectivity index (χ1n) is 18.2. The molecule has 11 aromatic rings. The summed E-state index contributed by atoms with van der Waals surface area (Å²) in [4.78, 5) is 16.0. The van der Waals surface area contributed by atoms with Crippen molar-refractivity contribution in [3.8, 4) is 45.3 Å². The van der Waals surface area contributed by atoms with Crippen LogP contribution in [0.15, 0.2) is 188 Å². The summed E-state index contributed by atoms with van der Waals surface area (Å²) in [7, 11) is 0. The largest absolute Gasteiger partial charge is 0.309 e. The number of benzene rings is 7. The summed E-state index contributed by atoms with van der Waals surface area (Å²) in [5.74, 6) is 0.817. The molecule has 5 heteroatoms. The minimum atomic E-state index is 0.744. The molecule has 7 aromatic carbocycles. The summed E-state index contributed by atoms with van der Waals surface area (Å²) in [6.45, 7) is 0. The van der Waals surface area contributed by atoms with E-state index in [0.717, 1.165) is 67.3 Å². The molecular formula is C49H31N5. The van der Waals surface area contributed by atoms with Crippen LogP contribution in [0, 0.1) is 0 Å². The molecule has 0 saturated carbocycles. The molecule has 0 aliphatic heterocycles. The SMILES string of the molecule is c1ccc(-c2cc(-c3nc4ccccc4nc3-c3ccccc3)nc(-n3c4ccccc4c4c5c6ccccc6n(-c6ccccc6)c5ccc43)c2)cc1. The van der Waals surface area contributed by atoms with Crippen molar-refractivity contribution in [1.82, 2.24) is 24.1 Å². The lowest BCUT2D eigenvalue weighted by atomic mass is 10.0. The average molecular weight is 690 g/mol. The van der Waals surface area contributed by atoms with Crippen LogP contribution in [0.1, 0.15) is 0 Å². The smallest absolute Gasteiger partial charge is 0.138 e. The molecule has 0 amide bonds. The third-order valence-electron chi connectivity index (χ3n) is 10.5. The first kappa shape index (κ1) is 30.3. The Morgan fingerprint density at radius 1 is 0.333 bits per heavy atom. The molecule has 5 nitrogen and oxygen atoms in total. The Morgan fingerprint density at radius 3 is 1.48 bits per heavy atom. The number of aromatic nitrogens is 5. The Kier molecular flexibility index (Phi) is 6.79. The van der Waals surface area contributed by atoms with E-state index in [1.54, 1.807) is 0 Å². The van der Waals surface area contributed by atoms with Gasteiger partial charge < -0.3 is 4.57 Å². The molecule has 0 bridgehead atoms. The van der Waals surface area contributed by atoms with E-state index < -0.39 is 0 Å². The first-order chi connectivity index (χ1) is 26.8. The molecule has 11 rings (SSSR count). The minimum absolute atomic E-state index is 0.744. The van der Waals surface area contributed by atoms with Crippen LogP contribution in [0.5, 0.6) is 0 Å². The van der Waals surface area contributed by atoms with E-state index in [-0.39, 0.29) is 0 Å². The van der Waals surface area contributed by atoms with Crippen LogP contribution >= 0.6 is 0 Å². The summed E-state index contributed by atoms with van der Waals surface area (Å²) in [5.41, 5.74) is 12.8. The Morgan fingerprint density at radius 2 is 0.833 bits per heavy atom. The standard InChI is InChI=1S/C49H31N5/c1-4-16-32(17-5-1)34-30-40(49-48(33-18-6-2-7-19-33)51-38-24-12-13-25-39(38)52-49)50-45(31-34)54-42-27-15-11-23-37(42)47-44(54)29-28-43-46(47)36-22-10-14-26-41(36)53(43)35-20-8-3-9-21-35/h1-31H. The van der Waals surface area contributed by atoms with Gasteiger partial charge in [-0.05, 0) is 71.8 Å². The summed E-state index contributed by atoms with van der Waals surface area (Å²) in [6.07, 6.45) is 0. The van der Waals surface area contributed by atoms with E-state index in [1.807, 2.05) is 42.5 Å². The highest BCUT2D eigenvalue weighted by atomic mass is 15.1. The average Bonchev–Trinajstić information content (AvgIpc) is 3.77. The van der Waals surface area contributed by atoms with Gasteiger partial charge in [0, 0.05) is 32.8 Å². The molecule has 0 saturated heterocycles. The van der Waals surface area contributed by atoms with Crippen LogP contribution in [0.2, 0.25) is 0 Å². The van der Waals surface area contributed by atoms with Gasteiger partial charge in [0.05, 0.1) is 44.5 Å². The van der Waals surface area contributed by atoms with Gasteiger partial charge >= 0.3 is 0 Å². The molecule has 0 fully saturated rings. The number of rotatable bonds is 5. The molecule has 0 aliphatic carbocycles. The van der Waals surface area contributed by atoms with E-state index in [9.17, 15) is 0 Å². The van der Waals surface area contributed by atoms with Crippen LogP contribution in [0.3, 0.4) is 0 Å². The van der Waals surface area contributed by atoms with Crippen molar-refractivity contribution in [2.75, 3.05) is 0 Å². The quantitative estimate of drug-likeness (QED) is 0.181. The van der Waals surface area contributed by atoms with Crippen molar-refractivity contribution in [3.05, 3.63) is 188 Å². The summed E-state index contributed by atoms with van der Waals surface area (Å²) < 4.78 is 4.71. The van der Waals surface area contributed by atoms with Crippen LogP contribution in [0.25, 0.3) is 99.9 Å². The zero-order valence-electron chi connectivity index (χ0n) is 29.1. The number of hydrogen-bond donors (Lipinski definition) is 0. The molecule has 0 atom stereocenters. The molecule has 0 spiro atoms. The van der Waals surface area contributed by atoms with Crippen LogP contribution in [0.4, 0.5) is 0 Å². The maximum atomic E-state index is 5.52. The normalized spacial score (nSPS) is 11.7. The van der Waals surface area contributed by atoms with E-state index in [4.69, 9.17) is 15.0 Å². The Labute approximate surface area is 311 Å². The number of nitrogens with zero attached hydrogens (tertiary/aromatic N) is 5. The lowest BCUT2D eigenvalue weighted by Gasteiger charge is -2.15. The van der Waals surface area contributed by atoms with Crippen molar-refractivity contribution >= 4 is 54.6 Å². The van der Waals surface area contributed by atoms with Crippen LogP contribution in [-0.4, -0.2) is 24.1 Å². The number of fused-ring (bicyclic) bond motifs is 8. The molecule has 252 valence electrons. The lowest BCUT2D eigenvalue weighted by molar-refractivity contribution is 1.08. The Bertz CT molecular complexity index is 3200. The second kappa shape index (κ2) is 12.1. The highest BCUT2D eigenvalue weighted by Crippen LogP contribution is 2.43. The molecule has 0 unspecified atom stereocenters. The van der Waals surface area contributed by atoms with Gasteiger partial charge in [-0.2, -0.15) is 0 Å². The van der Waals surface area contributed by atoms with Crippen molar-refractivity contribution in [1.29, 1.82) is 0 Å². The van der Waals surface area contributed by atoms with E-state index in [0.29, 0.717) is 0 Å². The molecule has 0 aliphatic rings. The third kappa shape index (κ3) is 4.69. The highest BCUT2D eigenvalue weighted by Gasteiger charge is 2.23. The third-order valence-corrected chi connectivity index (χ3v) is 10.5. The van der Waals surface area contributed by atoms with Gasteiger partial charge in [-0.15, -0.1) is 0 Å². The van der Waals surface area contributed by atoms with Crippen molar-refractivity contribution in [3.63, 3.8) is 0 Å². The number of para-hydroxylation sites is 5. The van der Waals surface area contributed by atoms with Crippen LogP contribution < -0.4 is 0 Å².